The molecule has 102 valence electrons. The topological polar surface area (TPSA) is 63.2 Å². The Morgan fingerprint density at radius 3 is 3.15 bits per heavy atom. The van der Waals surface area contributed by atoms with E-state index in [1.54, 1.807) is 24.5 Å². The van der Waals surface area contributed by atoms with Crippen LogP contribution in [0.4, 0.5) is 11.4 Å². The Kier molecular flexibility index (Phi) is 3.25. The molecule has 20 heavy (non-hydrogen) atoms. The number of aromatic nitrogens is 1. The van der Waals surface area contributed by atoms with E-state index in [4.69, 9.17) is 4.74 Å². The van der Waals surface area contributed by atoms with Gasteiger partial charge in [0.1, 0.15) is 6.61 Å². The number of anilines is 2. The molecular weight excluding hydrogens is 254 g/mol. The van der Waals surface area contributed by atoms with Crippen LogP contribution < -0.4 is 15.4 Å². The van der Waals surface area contributed by atoms with Gasteiger partial charge in [0.05, 0.1) is 11.3 Å². The number of pyridine rings is 1. The molecular formula is C15H15N3O2. The van der Waals surface area contributed by atoms with E-state index in [9.17, 15) is 4.79 Å². The summed E-state index contributed by atoms with van der Waals surface area (Å²) in [6.45, 7) is 3.22. The fourth-order valence-corrected chi connectivity index (χ4v) is 2.15. The molecule has 1 aromatic heterocycles. The van der Waals surface area contributed by atoms with Gasteiger partial charge in [-0.3, -0.25) is 9.78 Å². The first-order valence-corrected chi connectivity index (χ1v) is 6.47. The number of fused-ring (bicyclic) bond motifs is 1. The molecule has 2 N–H and O–H groups in total. The Morgan fingerprint density at radius 2 is 2.30 bits per heavy atom. The predicted molar refractivity (Wildman–Crippen MR) is 77.4 cm³/mol. The van der Waals surface area contributed by atoms with Gasteiger partial charge in [-0.25, -0.2) is 0 Å². The van der Waals surface area contributed by atoms with Gasteiger partial charge in [-0.1, -0.05) is 6.07 Å². The zero-order valence-electron chi connectivity index (χ0n) is 11.1. The average molecular weight is 269 g/mol. The molecule has 1 aliphatic rings. The monoisotopic (exact) mass is 269 g/mol. The lowest BCUT2D eigenvalue weighted by atomic mass is 10.1. The third-order valence-corrected chi connectivity index (χ3v) is 3.19. The van der Waals surface area contributed by atoms with Crippen molar-refractivity contribution >= 4 is 17.3 Å². The molecule has 0 unspecified atom stereocenters. The second-order valence-corrected chi connectivity index (χ2v) is 4.60. The molecule has 1 aromatic carbocycles. The van der Waals surface area contributed by atoms with Crippen LogP contribution in [0.25, 0.3) is 0 Å². The first kappa shape index (κ1) is 12.5. The quantitative estimate of drug-likeness (QED) is 0.879. The molecule has 0 saturated carbocycles. The van der Waals surface area contributed by atoms with Crippen LogP contribution in [0, 0.1) is 6.92 Å². The number of rotatable bonds is 2. The molecule has 5 nitrogen and oxygen atoms in total. The lowest BCUT2D eigenvalue weighted by Crippen LogP contribution is -2.22. The van der Waals surface area contributed by atoms with Gasteiger partial charge in [-0.05, 0) is 30.7 Å². The average Bonchev–Trinajstić information content (AvgIpc) is 2.49. The number of nitrogens with one attached hydrogen (secondary N) is 2. The number of para-hydroxylation sites is 1. The van der Waals surface area contributed by atoms with Crippen molar-refractivity contribution in [1.82, 2.24) is 4.98 Å². The van der Waals surface area contributed by atoms with Crippen LogP contribution >= 0.6 is 0 Å². The summed E-state index contributed by atoms with van der Waals surface area (Å²) < 4.78 is 5.61. The van der Waals surface area contributed by atoms with Crippen LogP contribution in [0.3, 0.4) is 0 Å². The molecule has 0 radical (unpaired) electrons. The predicted octanol–water partition coefficient (Wildman–Crippen LogP) is 2.45. The molecule has 0 fully saturated rings. The van der Waals surface area contributed by atoms with Gasteiger partial charge >= 0.3 is 0 Å². The Balaban J connectivity index is 1.90. The number of hydrogen-bond donors (Lipinski definition) is 2. The number of nitrogens with zero attached hydrogens (tertiary/aromatic N) is 1. The summed E-state index contributed by atoms with van der Waals surface area (Å²) in [6, 6.07) is 7.29. The molecule has 2 heterocycles. The molecule has 5 heteroatoms. The van der Waals surface area contributed by atoms with Gasteiger partial charge in [-0.15, -0.1) is 0 Å². The third-order valence-electron chi connectivity index (χ3n) is 3.19. The number of carbonyl (C=O) groups excluding carboxylic acids is 1. The number of benzene rings is 1. The van der Waals surface area contributed by atoms with Crippen molar-refractivity contribution in [3.63, 3.8) is 0 Å². The SMILES string of the molecule is Cc1cnccc1NC(=O)c1cccc2c1OCCN2. The van der Waals surface area contributed by atoms with Crippen molar-refractivity contribution < 1.29 is 9.53 Å². The highest BCUT2D eigenvalue weighted by Gasteiger charge is 2.19. The van der Waals surface area contributed by atoms with E-state index in [-0.39, 0.29) is 5.91 Å². The lowest BCUT2D eigenvalue weighted by molar-refractivity contribution is 0.102. The zero-order valence-corrected chi connectivity index (χ0v) is 11.1. The van der Waals surface area contributed by atoms with Crippen molar-refractivity contribution in [2.24, 2.45) is 0 Å². The van der Waals surface area contributed by atoms with Crippen molar-refractivity contribution in [1.29, 1.82) is 0 Å². The summed E-state index contributed by atoms with van der Waals surface area (Å²) in [6.07, 6.45) is 3.37. The van der Waals surface area contributed by atoms with Crippen LogP contribution in [0.15, 0.2) is 36.7 Å². The van der Waals surface area contributed by atoms with E-state index >= 15 is 0 Å². The van der Waals surface area contributed by atoms with Crippen LogP contribution in [0.2, 0.25) is 0 Å². The van der Waals surface area contributed by atoms with Gasteiger partial charge in [0, 0.05) is 24.6 Å². The van der Waals surface area contributed by atoms with Gasteiger partial charge in [-0.2, -0.15) is 0 Å². The van der Waals surface area contributed by atoms with Crippen molar-refractivity contribution in [3.8, 4) is 5.75 Å². The fraction of sp³-hybridized carbons (Fsp3) is 0.200. The number of carbonyl (C=O) groups is 1. The van der Waals surface area contributed by atoms with E-state index in [0.717, 1.165) is 23.5 Å². The van der Waals surface area contributed by atoms with E-state index < -0.39 is 0 Å². The summed E-state index contributed by atoms with van der Waals surface area (Å²) >= 11 is 0. The number of ether oxygens (including phenoxy) is 1. The van der Waals surface area contributed by atoms with Gasteiger partial charge in [0.2, 0.25) is 0 Å². The van der Waals surface area contributed by atoms with Crippen molar-refractivity contribution in [2.45, 2.75) is 6.92 Å². The first-order chi connectivity index (χ1) is 9.75. The normalized spacial score (nSPS) is 12.8. The fourth-order valence-electron chi connectivity index (χ4n) is 2.15. The van der Waals surface area contributed by atoms with Gasteiger partial charge < -0.3 is 15.4 Å². The Morgan fingerprint density at radius 1 is 1.40 bits per heavy atom. The zero-order chi connectivity index (χ0) is 13.9. The van der Waals surface area contributed by atoms with Crippen molar-refractivity contribution in [2.75, 3.05) is 23.8 Å². The second-order valence-electron chi connectivity index (χ2n) is 4.60. The van der Waals surface area contributed by atoms with Gasteiger partial charge in [0.15, 0.2) is 5.75 Å². The van der Waals surface area contributed by atoms with Crippen LogP contribution in [-0.4, -0.2) is 24.0 Å². The molecule has 0 atom stereocenters. The summed E-state index contributed by atoms with van der Waals surface area (Å²) in [5, 5.41) is 6.11. The molecule has 2 aromatic rings. The maximum Gasteiger partial charge on any atom is 0.259 e. The molecule has 1 aliphatic heterocycles. The molecule has 0 bridgehead atoms. The molecule has 1 amide bonds. The van der Waals surface area contributed by atoms with Gasteiger partial charge in [0.25, 0.3) is 5.91 Å². The van der Waals surface area contributed by atoms with E-state index in [0.29, 0.717) is 17.9 Å². The number of amides is 1. The standard InChI is InChI=1S/C15H15N3O2/c1-10-9-16-6-5-12(10)18-15(19)11-3-2-4-13-14(11)20-8-7-17-13/h2-6,9,17H,7-8H2,1H3,(H,16,18,19). The number of aryl methyl sites for hydroxylation is 1. The maximum absolute atomic E-state index is 12.4. The van der Waals surface area contributed by atoms with E-state index in [2.05, 4.69) is 15.6 Å². The smallest absolute Gasteiger partial charge is 0.259 e. The highest BCUT2D eigenvalue weighted by molar-refractivity contribution is 6.07. The van der Waals surface area contributed by atoms with Crippen molar-refractivity contribution in [3.05, 3.63) is 47.8 Å². The highest BCUT2D eigenvalue weighted by atomic mass is 16.5. The minimum absolute atomic E-state index is 0.181. The largest absolute Gasteiger partial charge is 0.489 e. The maximum atomic E-state index is 12.4. The minimum Gasteiger partial charge on any atom is -0.489 e. The van der Waals surface area contributed by atoms with Crippen LogP contribution in [-0.2, 0) is 0 Å². The summed E-state index contributed by atoms with van der Waals surface area (Å²) in [7, 11) is 0. The third kappa shape index (κ3) is 2.30. The Bertz CT molecular complexity index is 655. The molecule has 0 aliphatic carbocycles. The molecule has 3 rings (SSSR count). The van der Waals surface area contributed by atoms with Crippen LogP contribution in [0.5, 0.6) is 5.75 Å². The van der Waals surface area contributed by atoms with E-state index in [1.165, 1.54) is 0 Å². The number of hydrogen-bond acceptors (Lipinski definition) is 4. The minimum atomic E-state index is -0.181. The lowest BCUT2D eigenvalue weighted by Gasteiger charge is -2.21. The van der Waals surface area contributed by atoms with Crippen LogP contribution in [0.1, 0.15) is 15.9 Å². The first-order valence-electron chi connectivity index (χ1n) is 6.47. The molecule has 0 spiro atoms. The Labute approximate surface area is 117 Å². The van der Waals surface area contributed by atoms with E-state index in [1.807, 2.05) is 19.1 Å². The summed E-state index contributed by atoms with van der Waals surface area (Å²) in [4.78, 5) is 16.4. The highest BCUT2D eigenvalue weighted by Crippen LogP contribution is 2.31. The summed E-state index contributed by atoms with van der Waals surface area (Å²) in [5.41, 5.74) is 3.07. The summed E-state index contributed by atoms with van der Waals surface area (Å²) in [5.74, 6) is 0.433. The Hall–Kier alpha value is -2.56. The second kappa shape index (κ2) is 5.21. The molecule has 0 saturated heterocycles.